The van der Waals surface area contributed by atoms with Gasteiger partial charge in [-0.2, -0.15) is 0 Å². The molecule has 0 atom stereocenters. The molecule has 3 aromatic heterocycles. The number of nitrogens with zero attached hydrogens (tertiary/aromatic N) is 1. The fourth-order valence-corrected chi connectivity index (χ4v) is 11.6. The molecule has 52 heavy (non-hydrogen) atoms. The molecular formula is C48H29NS3. The molecule has 244 valence electrons. The molecule has 0 saturated carbocycles. The van der Waals surface area contributed by atoms with Gasteiger partial charge in [0.1, 0.15) is 0 Å². The molecule has 8 aromatic carbocycles. The predicted molar refractivity (Wildman–Crippen MR) is 231 cm³/mol. The van der Waals surface area contributed by atoms with Crippen LogP contribution in [-0.2, 0) is 0 Å². The van der Waals surface area contributed by atoms with Crippen LogP contribution in [0.1, 0.15) is 0 Å². The second kappa shape index (κ2) is 11.9. The maximum atomic E-state index is 2.54. The van der Waals surface area contributed by atoms with E-state index in [4.69, 9.17) is 0 Å². The average Bonchev–Trinajstić information content (AvgIpc) is 3.90. The summed E-state index contributed by atoms with van der Waals surface area (Å²) in [6.45, 7) is 0. The molecule has 0 fully saturated rings. The minimum absolute atomic E-state index is 1.16. The van der Waals surface area contributed by atoms with Crippen LogP contribution in [0.25, 0.3) is 82.8 Å². The van der Waals surface area contributed by atoms with E-state index in [1.54, 1.807) is 0 Å². The molecule has 0 bridgehead atoms. The number of fused-ring (bicyclic) bond motifs is 9. The summed E-state index contributed by atoms with van der Waals surface area (Å²) < 4.78 is 7.85. The van der Waals surface area contributed by atoms with Gasteiger partial charge in [-0.05, 0) is 70.8 Å². The molecule has 0 spiro atoms. The molecule has 0 unspecified atom stereocenters. The highest BCUT2D eigenvalue weighted by Gasteiger charge is 2.24. The van der Waals surface area contributed by atoms with Crippen molar-refractivity contribution in [2.45, 2.75) is 0 Å². The van der Waals surface area contributed by atoms with Crippen LogP contribution in [0.4, 0.5) is 17.1 Å². The zero-order chi connectivity index (χ0) is 34.2. The highest BCUT2D eigenvalue weighted by molar-refractivity contribution is 7.27. The summed E-state index contributed by atoms with van der Waals surface area (Å²) in [7, 11) is 0. The third-order valence-corrected chi connectivity index (χ3v) is 13.8. The van der Waals surface area contributed by atoms with Crippen molar-refractivity contribution in [3.63, 3.8) is 0 Å². The Bertz CT molecular complexity index is 3130. The zero-order valence-electron chi connectivity index (χ0n) is 27.9. The highest BCUT2D eigenvalue weighted by Crippen LogP contribution is 2.52. The van der Waals surface area contributed by atoms with Gasteiger partial charge < -0.3 is 4.90 Å². The smallest absolute Gasteiger partial charge is 0.0555 e. The van der Waals surface area contributed by atoms with Crippen molar-refractivity contribution in [1.82, 2.24) is 0 Å². The van der Waals surface area contributed by atoms with Crippen molar-refractivity contribution in [1.29, 1.82) is 0 Å². The number of hydrogen-bond donors (Lipinski definition) is 0. The summed E-state index contributed by atoms with van der Waals surface area (Å²) in [5.41, 5.74) is 8.60. The summed E-state index contributed by atoms with van der Waals surface area (Å²) in [6, 6.07) is 64.8. The van der Waals surface area contributed by atoms with Crippen molar-refractivity contribution in [2.24, 2.45) is 0 Å². The topological polar surface area (TPSA) is 3.24 Å². The molecule has 0 aliphatic rings. The summed E-state index contributed by atoms with van der Waals surface area (Å²) in [5.74, 6) is 0. The van der Waals surface area contributed by atoms with Crippen LogP contribution in [0.3, 0.4) is 0 Å². The standard InChI is InChI=1S/C48H29NS3/c1-3-13-30(14-4-1)33-19-11-20-35-38-29-32(25-28-43(38)51-47(33)35)49(39-21-12-24-44-45(39)36-17-7-9-22-41(36)50-44)40-27-26-34(31-15-5-2-6-16-31)48-46(40)37-18-8-10-23-42(37)52-48/h1-29H. The predicted octanol–water partition coefficient (Wildman–Crippen LogP) is 15.6. The first-order valence-electron chi connectivity index (χ1n) is 17.5. The van der Waals surface area contributed by atoms with Crippen LogP contribution in [0.15, 0.2) is 176 Å². The van der Waals surface area contributed by atoms with Gasteiger partial charge in [-0.1, -0.05) is 127 Å². The molecule has 0 radical (unpaired) electrons. The van der Waals surface area contributed by atoms with Gasteiger partial charge in [0.2, 0.25) is 0 Å². The van der Waals surface area contributed by atoms with E-state index in [0.29, 0.717) is 0 Å². The monoisotopic (exact) mass is 715 g/mol. The Hall–Kier alpha value is -5.78. The lowest BCUT2D eigenvalue weighted by atomic mass is 9.99. The van der Waals surface area contributed by atoms with Gasteiger partial charge in [-0.3, -0.25) is 0 Å². The second-order valence-corrected chi connectivity index (χ2v) is 16.4. The van der Waals surface area contributed by atoms with Crippen LogP contribution in [0.2, 0.25) is 0 Å². The largest absolute Gasteiger partial charge is 0.309 e. The Morgan fingerprint density at radius 2 is 0.885 bits per heavy atom. The van der Waals surface area contributed by atoms with Crippen molar-refractivity contribution in [3.8, 4) is 22.3 Å². The van der Waals surface area contributed by atoms with E-state index in [1.807, 2.05) is 34.0 Å². The molecule has 0 saturated heterocycles. The van der Waals surface area contributed by atoms with Crippen LogP contribution in [0, 0.1) is 0 Å². The molecule has 0 aliphatic heterocycles. The molecular weight excluding hydrogens is 687 g/mol. The quantitative estimate of drug-likeness (QED) is 0.171. The fourth-order valence-electron chi connectivity index (χ4n) is 7.96. The molecule has 0 amide bonds. The number of anilines is 3. The lowest BCUT2D eigenvalue weighted by molar-refractivity contribution is 1.33. The van der Waals surface area contributed by atoms with Gasteiger partial charge in [0.25, 0.3) is 0 Å². The summed E-state index contributed by atoms with van der Waals surface area (Å²) in [4.78, 5) is 2.54. The molecule has 0 aliphatic carbocycles. The van der Waals surface area contributed by atoms with Gasteiger partial charge in [0, 0.05) is 66.2 Å². The van der Waals surface area contributed by atoms with Crippen molar-refractivity contribution < 1.29 is 0 Å². The zero-order valence-corrected chi connectivity index (χ0v) is 30.4. The van der Waals surface area contributed by atoms with E-state index in [-0.39, 0.29) is 0 Å². The second-order valence-electron chi connectivity index (χ2n) is 13.2. The molecule has 11 rings (SSSR count). The number of thiophene rings is 3. The Morgan fingerprint density at radius 3 is 1.65 bits per heavy atom. The van der Waals surface area contributed by atoms with Crippen LogP contribution in [0.5, 0.6) is 0 Å². The third kappa shape index (κ3) is 4.59. The Labute approximate surface area is 312 Å². The van der Waals surface area contributed by atoms with Crippen molar-refractivity contribution in [3.05, 3.63) is 176 Å². The minimum Gasteiger partial charge on any atom is -0.309 e. The summed E-state index contributed by atoms with van der Waals surface area (Å²) >= 11 is 5.66. The van der Waals surface area contributed by atoms with Gasteiger partial charge in [0.05, 0.1) is 11.4 Å². The molecule has 1 nitrogen and oxygen atoms in total. The van der Waals surface area contributed by atoms with Crippen LogP contribution < -0.4 is 4.90 Å². The molecule has 4 heteroatoms. The molecule has 0 N–H and O–H groups in total. The third-order valence-electron chi connectivity index (χ3n) is 10.3. The van der Waals surface area contributed by atoms with E-state index in [0.717, 1.165) is 5.69 Å². The van der Waals surface area contributed by atoms with E-state index in [1.165, 1.54) is 94.1 Å². The molecule has 11 aromatic rings. The molecule has 3 heterocycles. The van der Waals surface area contributed by atoms with Gasteiger partial charge in [0.15, 0.2) is 0 Å². The normalized spacial score (nSPS) is 11.8. The fraction of sp³-hybridized carbons (Fsp3) is 0. The lowest BCUT2D eigenvalue weighted by Gasteiger charge is -2.28. The van der Waals surface area contributed by atoms with Gasteiger partial charge in [-0.25, -0.2) is 0 Å². The first-order chi connectivity index (χ1) is 25.8. The first kappa shape index (κ1) is 29.9. The number of rotatable bonds is 5. The van der Waals surface area contributed by atoms with E-state index >= 15 is 0 Å². The van der Waals surface area contributed by atoms with E-state index < -0.39 is 0 Å². The van der Waals surface area contributed by atoms with E-state index in [9.17, 15) is 0 Å². The first-order valence-corrected chi connectivity index (χ1v) is 20.0. The van der Waals surface area contributed by atoms with Crippen molar-refractivity contribution >= 4 is 112 Å². The van der Waals surface area contributed by atoms with E-state index in [2.05, 4.69) is 181 Å². The maximum absolute atomic E-state index is 2.54. The van der Waals surface area contributed by atoms with Crippen LogP contribution in [-0.4, -0.2) is 0 Å². The maximum Gasteiger partial charge on any atom is 0.0555 e. The number of hydrogen-bond acceptors (Lipinski definition) is 4. The van der Waals surface area contributed by atoms with Gasteiger partial charge in [-0.15, -0.1) is 34.0 Å². The highest BCUT2D eigenvalue weighted by atomic mass is 32.1. The van der Waals surface area contributed by atoms with Crippen LogP contribution >= 0.6 is 34.0 Å². The number of benzene rings is 8. The average molecular weight is 716 g/mol. The Kier molecular flexibility index (Phi) is 6.84. The summed E-state index contributed by atoms with van der Waals surface area (Å²) in [6.07, 6.45) is 0. The summed E-state index contributed by atoms with van der Waals surface area (Å²) in [5, 5.41) is 7.76. The van der Waals surface area contributed by atoms with Gasteiger partial charge >= 0.3 is 0 Å². The Morgan fingerprint density at radius 1 is 0.327 bits per heavy atom. The minimum atomic E-state index is 1.16. The lowest BCUT2D eigenvalue weighted by Crippen LogP contribution is -2.10. The SMILES string of the molecule is c1ccc(-c2cccc3c2sc2ccc(N(c4cccc5sc6ccccc6c45)c4ccc(-c5ccccc5)c5sc6ccccc6c45)cc23)cc1. The Balaban J connectivity index is 1.24. The van der Waals surface area contributed by atoms with Crippen molar-refractivity contribution in [2.75, 3.05) is 4.90 Å².